The Kier molecular flexibility index (Phi) is 4.32. The standard InChI is InChI=1S/C16H28N2O2/c1-14(19)18-11-8-16(13-18)7-5-6-15(20-16)12-17-9-3-2-4-10-17/h15H,2-13H2,1H3/t15-,16+/m0/s1. The number of hydrogen-bond acceptors (Lipinski definition) is 3. The van der Waals surface area contributed by atoms with E-state index in [0.717, 1.165) is 32.5 Å². The van der Waals surface area contributed by atoms with Crippen LogP contribution in [-0.4, -0.2) is 60.1 Å². The largest absolute Gasteiger partial charge is 0.369 e. The third-order valence-electron chi connectivity index (χ3n) is 5.25. The molecule has 3 fully saturated rings. The second-order valence-electron chi connectivity index (χ2n) is 6.87. The fourth-order valence-electron chi connectivity index (χ4n) is 4.10. The molecular formula is C16H28N2O2. The number of carbonyl (C=O) groups is 1. The van der Waals surface area contributed by atoms with Crippen molar-refractivity contribution in [1.82, 2.24) is 9.80 Å². The Morgan fingerprint density at radius 1 is 1.15 bits per heavy atom. The van der Waals surface area contributed by atoms with Crippen molar-refractivity contribution in [2.45, 2.75) is 63.6 Å². The van der Waals surface area contributed by atoms with E-state index in [-0.39, 0.29) is 11.5 Å². The summed E-state index contributed by atoms with van der Waals surface area (Å²) in [6.45, 7) is 6.96. The molecule has 0 aromatic rings. The molecule has 0 aliphatic carbocycles. The third kappa shape index (κ3) is 3.17. The number of ether oxygens (including phenoxy) is 1. The van der Waals surface area contributed by atoms with Crippen molar-refractivity contribution < 1.29 is 9.53 Å². The van der Waals surface area contributed by atoms with Crippen LogP contribution in [0.25, 0.3) is 0 Å². The maximum atomic E-state index is 11.5. The van der Waals surface area contributed by atoms with E-state index in [1.54, 1.807) is 6.92 Å². The molecular weight excluding hydrogens is 252 g/mol. The van der Waals surface area contributed by atoms with Crippen molar-refractivity contribution in [3.8, 4) is 0 Å². The van der Waals surface area contributed by atoms with Gasteiger partial charge in [-0.2, -0.15) is 0 Å². The summed E-state index contributed by atoms with van der Waals surface area (Å²) in [4.78, 5) is 16.1. The van der Waals surface area contributed by atoms with Gasteiger partial charge in [0, 0.05) is 26.6 Å². The van der Waals surface area contributed by atoms with Gasteiger partial charge in [0.25, 0.3) is 0 Å². The smallest absolute Gasteiger partial charge is 0.219 e. The van der Waals surface area contributed by atoms with Crippen molar-refractivity contribution in [1.29, 1.82) is 0 Å². The average molecular weight is 280 g/mol. The number of likely N-dealkylation sites (tertiary alicyclic amines) is 2. The molecule has 0 unspecified atom stereocenters. The number of hydrogen-bond donors (Lipinski definition) is 0. The van der Waals surface area contributed by atoms with Gasteiger partial charge in [0.2, 0.25) is 5.91 Å². The van der Waals surface area contributed by atoms with Crippen LogP contribution in [0.1, 0.15) is 51.9 Å². The summed E-state index contributed by atoms with van der Waals surface area (Å²) in [6, 6.07) is 0. The van der Waals surface area contributed by atoms with E-state index < -0.39 is 0 Å². The van der Waals surface area contributed by atoms with Crippen LogP contribution in [0.5, 0.6) is 0 Å². The normalized spacial score (nSPS) is 35.6. The Labute approximate surface area is 122 Å². The van der Waals surface area contributed by atoms with E-state index >= 15 is 0 Å². The van der Waals surface area contributed by atoms with Gasteiger partial charge >= 0.3 is 0 Å². The molecule has 3 rings (SSSR count). The highest BCUT2D eigenvalue weighted by Crippen LogP contribution is 2.37. The van der Waals surface area contributed by atoms with Gasteiger partial charge in [0.05, 0.1) is 11.7 Å². The molecule has 4 heteroatoms. The number of carbonyl (C=O) groups excluding carboxylic acids is 1. The van der Waals surface area contributed by atoms with Crippen LogP contribution in [0.15, 0.2) is 0 Å². The second-order valence-corrected chi connectivity index (χ2v) is 6.87. The molecule has 0 N–H and O–H groups in total. The predicted molar refractivity (Wildman–Crippen MR) is 78.6 cm³/mol. The van der Waals surface area contributed by atoms with Crippen molar-refractivity contribution in [3.63, 3.8) is 0 Å². The summed E-state index contributed by atoms with van der Waals surface area (Å²) < 4.78 is 6.48. The molecule has 114 valence electrons. The summed E-state index contributed by atoms with van der Waals surface area (Å²) in [5, 5.41) is 0. The van der Waals surface area contributed by atoms with Crippen LogP contribution >= 0.6 is 0 Å². The van der Waals surface area contributed by atoms with Crippen LogP contribution in [0.4, 0.5) is 0 Å². The van der Waals surface area contributed by atoms with Crippen molar-refractivity contribution >= 4 is 5.91 Å². The van der Waals surface area contributed by atoms with E-state index in [4.69, 9.17) is 4.74 Å². The fraction of sp³-hybridized carbons (Fsp3) is 0.938. The lowest BCUT2D eigenvalue weighted by atomic mass is 9.90. The number of rotatable bonds is 2. The van der Waals surface area contributed by atoms with Gasteiger partial charge in [0.1, 0.15) is 0 Å². The Morgan fingerprint density at radius 3 is 2.65 bits per heavy atom. The first-order chi connectivity index (χ1) is 9.67. The summed E-state index contributed by atoms with van der Waals surface area (Å²) in [5.41, 5.74) is -0.0234. The number of amides is 1. The molecule has 0 aromatic heterocycles. The van der Waals surface area contributed by atoms with Crippen molar-refractivity contribution in [2.75, 3.05) is 32.7 Å². The Bertz CT molecular complexity index is 354. The first-order valence-electron chi connectivity index (χ1n) is 8.33. The Hall–Kier alpha value is -0.610. The molecule has 3 heterocycles. The quantitative estimate of drug-likeness (QED) is 0.776. The zero-order chi connectivity index (χ0) is 14.0. The summed E-state index contributed by atoms with van der Waals surface area (Å²) >= 11 is 0. The zero-order valence-corrected chi connectivity index (χ0v) is 12.8. The minimum absolute atomic E-state index is 0.0234. The minimum atomic E-state index is -0.0234. The van der Waals surface area contributed by atoms with Crippen LogP contribution in [0.3, 0.4) is 0 Å². The van der Waals surface area contributed by atoms with Crippen molar-refractivity contribution in [3.05, 3.63) is 0 Å². The van der Waals surface area contributed by atoms with E-state index in [2.05, 4.69) is 4.90 Å². The summed E-state index contributed by atoms with van der Waals surface area (Å²) in [6.07, 6.45) is 9.07. The van der Waals surface area contributed by atoms with Gasteiger partial charge in [-0.05, 0) is 51.6 Å². The lowest BCUT2D eigenvalue weighted by molar-refractivity contribution is -0.139. The van der Waals surface area contributed by atoms with E-state index in [9.17, 15) is 4.79 Å². The highest BCUT2D eigenvalue weighted by Gasteiger charge is 2.43. The average Bonchev–Trinajstić information content (AvgIpc) is 2.84. The summed E-state index contributed by atoms with van der Waals surface area (Å²) in [7, 11) is 0. The first-order valence-corrected chi connectivity index (χ1v) is 8.33. The number of piperidine rings is 1. The Morgan fingerprint density at radius 2 is 1.95 bits per heavy atom. The van der Waals surface area contributed by atoms with E-state index in [0.29, 0.717) is 6.10 Å². The lowest BCUT2D eigenvalue weighted by Gasteiger charge is -2.41. The van der Waals surface area contributed by atoms with Gasteiger partial charge < -0.3 is 14.5 Å². The van der Waals surface area contributed by atoms with Gasteiger partial charge in [-0.1, -0.05) is 6.42 Å². The maximum Gasteiger partial charge on any atom is 0.219 e. The molecule has 1 spiro atoms. The molecule has 0 aromatic carbocycles. The molecule has 4 nitrogen and oxygen atoms in total. The maximum absolute atomic E-state index is 11.5. The molecule has 2 atom stereocenters. The topological polar surface area (TPSA) is 32.8 Å². The fourth-order valence-corrected chi connectivity index (χ4v) is 4.10. The van der Waals surface area contributed by atoms with Gasteiger partial charge in [-0.3, -0.25) is 4.79 Å². The second kappa shape index (κ2) is 6.02. The molecule has 1 amide bonds. The van der Waals surface area contributed by atoms with Crippen molar-refractivity contribution in [2.24, 2.45) is 0 Å². The van der Waals surface area contributed by atoms with E-state index in [1.165, 1.54) is 45.2 Å². The van der Waals surface area contributed by atoms with Crippen LogP contribution < -0.4 is 0 Å². The predicted octanol–water partition coefficient (Wildman–Crippen LogP) is 2.03. The Balaban J connectivity index is 1.55. The number of nitrogens with zero attached hydrogens (tertiary/aromatic N) is 2. The molecule has 20 heavy (non-hydrogen) atoms. The van der Waals surface area contributed by atoms with Gasteiger partial charge in [-0.25, -0.2) is 0 Å². The van der Waals surface area contributed by atoms with E-state index in [1.807, 2.05) is 4.90 Å². The molecule has 3 saturated heterocycles. The summed E-state index contributed by atoms with van der Waals surface area (Å²) in [5.74, 6) is 0.198. The molecule has 0 radical (unpaired) electrons. The van der Waals surface area contributed by atoms with Gasteiger partial charge in [-0.15, -0.1) is 0 Å². The van der Waals surface area contributed by atoms with Crippen LogP contribution in [-0.2, 0) is 9.53 Å². The molecule has 3 aliphatic rings. The first kappa shape index (κ1) is 14.3. The molecule has 0 saturated carbocycles. The van der Waals surface area contributed by atoms with Crippen LogP contribution in [0, 0.1) is 0 Å². The zero-order valence-electron chi connectivity index (χ0n) is 12.8. The third-order valence-corrected chi connectivity index (χ3v) is 5.25. The van der Waals surface area contributed by atoms with Crippen LogP contribution in [0.2, 0.25) is 0 Å². The molecule has 0 bridgehead atoms. The SMILES string of the molecule is CC(=O)N1CC[C@]2(CCC[C@@H](CN3CCCCC3)O2)C1. The molecule has 3 aliphatic heterocycles. The lowest BCUT2D eigenvalue weighted by Crippen LogP contribution is -2.48. The monoisotopic (exact) mass is 280 g/mol. The highest BCUT2D eigenvalue weighted by atomic mass is 16.5. The van der Waals surface area contributed by atoms with Gasteiger partial charge in [0.15, 0.2) is 0 Å². The highest BCUT2D eigenvalue weighted by molar-refractivity contribution is 5.73. The minimum Gasteiger partial charge on any atom is -0.369 e.